The van der Waals surface area contributed by atoms with Crippen molar-refractivity contribution in [3.05, 3.63) is 77.4 Å². The van der Waals surface area contributed by atoms with Gasteiger partial charge in [-0.25, -0.2) is 18.1 Å². The van der Waals surface area contributed by atoms with E-state index < -0.39 is 45.9 Å². The van der Waals surface area contributed by atoms with Gasteiger partial charge in [-0.05, 0) is 57.0 Å². The van der Waals surface area contributed by atoms with Crippen molar-refractivity contribution in [3.8, 4) is 5.69 Å². The van der Waals surface area contributed by atoms with Crippen molar-refractivity contribution in [1.29, 1.82) is 0 Å². The van der Waals surface area contributed by atoms with Gasteiger partial charge in [0, 0.05) is 19.0 Å². The van der Waals surface area contributed by atoms with E-state index in [1.807, 2.05) is 31.6 Å². The number of aromatic nitrogens is 3. The standard InChI is InChI=1S/C29H38N6O6S/c1-6-7-12-42(40,41)33-28(38)26(21(4)36)32-27(37)25(34(5)29(39)23-14-19(2)13-20(3)15-23)16-22-8-10-24(11-9-22)35-18-30-17-31-35/h8-11,13-15,17-18,21,25-26,36H,6-7,12,16H2,1-5H3,(H,32,37)(H,33,38)/t21-,25-,26+/m1/s1. The van der Waals surface area contributed by atoms with E-state index >= 15 is 0 Å². The lowest BCUT2D eigenvalue weighted by Gasteiger charge is -2.30. The summed E-state index contributed by atoms with van der Waals surface area (Å²) < 4.78 is 28.2. The third-order valence-electron chi connectivity index (χ3n) is 6.69. The van der Waals surface area contributed by atoms with Crippen LogP contribution in [0.1, 0.15) is 53.7 Å². The van der Waals surface area contributed by atoms with Gasteiger partial charge >= 0.3 is 0 Å². The number of rotatable bonds is 13. The van der Waals surface area contributed by atoms with Crippen LogP contribution in [0.5, 0.6) is 0 Å². The number of hydrogen-bond acceptors (Lipinski definition) is 8. The summed E-state index contributed by atoms with van der Waals surface area (Å²) >= 11 is 0. The van der Waals surface area contributed by atoms with E-state index in [0.717, 1.165) is 16.8 Å². The van der Waals surface area contributed by atoms with Gasteiger partial charge in [0.15, 0.2) is 0 Å². The van der Waals surface area contributed by atoms with E-state index in [0.29, 0.717) is 24.0 Å². The van der Waals surface area contributed by atoms with Crippen LogP contribution in [0.15, 0.2) is 55.1 Å². The maximum Gasteiger partial charge on any atom is 0.258 e. The number of unbranched alkanes of at least 4 members (excludes halogenated alkanes) is 1. The van der Waals surface area contributed by atoms with Crippen molar-refractivity contribution in [2.24, 2.45) is 0 Å². The van der Waals surface area contributed by atoms with Crippen LogP contribution in [0.2, 0.25) is 0 Å². The molecule has 3 rings (SSSR count). The fourth-order valence-electron chi connectivity index (χ4n) is 4.46. The van der Waals surface area contributed by atoms with Gasteiger partial charge < -0.3 is 15.3 Å². The summed E-state index contributed by atoms with van der Waals surface area (Å²) in [6, 6.07) is 9.84. The molecule has 42 heavy (non-hydrogen) atoms. The van der Waals surface area contributed by atoms with Crippen LogP contribution in [-0.2, 0) is 26.0 Å². The van der Waals surface area contributed by atoms with Gasteiger partial charge in [-0.15, -0.1) is 0 Å². The average Bonchev–Trinajstić information content (AvgIpc) is 3.47. The Labute approximate surface area is 246 Å². The molecule has 0 saturated heterocycles. The fraction of sp³-hybridized carbons (Fsp3) is 0.414. The minimum absolute atomic E-state index is 0.0689. The van der Waals surface area contributed by atoms with Crippen LogP contribution in [0.25, 0.3) is 5.69 Å². The predicted molar refractivity (Wildman–Crippen MR) is 157 cm³/mol. The molecule has 3 atom stereocenters. The zero-order valence-electron chi connectivity index (χ0n) is 24.4. The highest BCUT2D eigenvalue weighted by Crippen LogP contribution is 2.17. The van der Waals surface area contributed by atoms with Crippen molar-refractivity contribution in [2.45, 2.75) is 65.1 Å². The number of nitrogens with one attached hydrogen (secondary N) is 2. The van der Waals surface area contributed by atoms with Gasteiger partial charge in [-0.3, -0.25) is 19.1 Å². The van der Waals surface area contributed by atoms with Gasteiger partial charge in [0.05, 0.1) is 17.5 Å². The largest absolute Gasteiger partial charge is 0.391 e. The molecule has 3 aromatic rings. The summed E-state index contributed by atoms with van der Waals surface area (Å²) in [6.45, 7) is 6.82. The molecule has 0 fully saturated rings. The Kier molecular flexibility index (Phi) is 10.9. The average molecular weight is 599 g/mol. The Morgan fingerprint density at radius 1 is 1.05 bits per heavy atom. The van der Waals surface area contributed by atoms with Crippen LogP contribution in [0.3, 0.4) is 0 Å². The molecule has 0 aliphatic heterocycles. The molecule has 0 bridgehead atoms. The highest BCUT2D eigenvalue weighted by atomic mass is 32.2. The highest BCUT2D eigenvalue weighted by molar-refractivity contribution is 7.90. The van der Waals surface area contributed by atoms with Gasteiger partial charge in [0.2, 0.25) is 15.9 Å². The number of carbonyl (C=O) groups is 3. The second-order valence-electron chi connectivity index (χ2n) is 10.4. The zero-order valence-corrected chi connectivity index (χ0v) is 25.3. The first-order valence-electron chi connectivity index (χ1n) is 13.6. The number of likely N-dealkylation sites (N-methyl/N-ethyl adjacent to an activating group) is 1. The first kappa shape index (κ1) is 32.4. The fourth-order valence-corrected chi connectivity index (χ4v) is 5.66. The molecule has 3 N–H and O–H groups in total. The minimum Gasteiger partial charge on any atom is -0.391 e. The van der Waals surface area contributed by atoms with Crippen LogP contribution in [0.4, 0.5) is 0 Å². The molecule has 3 amide bonds. The zero-order chi connectivity index (χ0) is 31.0. The van der Waals surface area contributed by atoms with Crippen molar-refractivity contribution in [2.75, 3.05) is 12.8 Å². The molecule has 0 unspecified atom stereocenters. The first-order valence-corrected chi connectivity index (χ1v) is 15.3. The molecule has 2 aromatic carbocycles. The van der Waals surface area contributed by atoms with E-state index in [1.165, 1.54) is 25.2 Å². The van der Waals surface area contributed by atoms with E-state index in [-0.39, 0.29) is 12.2 Å². The maximum absolute atomic E-state index is 13.7. The summed E-state index contributed by atoms with van der Waals surface area (Å²) in [7, 11) is -2.47. The number of aryl methyl sites for hydroxylation is 2. The lowest BCUT2D eigenvalue weighted by atomic mass is 10.0. The monoisotopic (exact) mass is 598 g/mol. The smallest absolute Gasteiger partial charge is 0.258 e. The third-order valence-corrected chi connectivity index (χ3v) is 8.03. The Morgan fingerprint density at radius 2 is 1.69 bits per heavy atom. The first-order chi connectivity index (χ1) is 19.8. The van der Waals surface area contributed by atoms with Crippen LogP contribution >= 0.6 is 0 Å². The number of carbonyl (C=O) groups excluding carboxylic acids is 3. The second-order valence-corrected chi connectivity index (χ2v) is 12.2. The number of nitrogens with zero attached hydrogens (tertiary/aromatic N) is 4. The minimum atomic E-state index is -3.96. The summed E-state index contributed by atoms with van der Waals surface area (Å²) in [5, 5.41) is 16.9. The van der Waals surface area contributed by atoms with Crippen molar-refractivity contribution in [3.63, 3.8) is 0 Å². The second kappa shape index (κ2) is 14.2. The Balaban J connectivity index is 1.90. The highest BCUT2D eigenvalue weighted by Gasteiger charge is 2.34. The number of amides is 3. The van der Waals surface area contributed by atoms with Crippen molar-refractivity contribution >= 4 is 27.7 Å². The maximum atomic E-state index is 13.7. The normalized spacial score (nSPS) is 13.6. The number of aliphatic hydroxyl groups excluding tert-OH is 1. The molecule has 13 heteroatoms. The number of sulfonamides is 1. The number of hydrogen-bond donors (Lipinski definition) is 3. The summed E-state index contributed by atoms with van der Waals surface area (Å²) in [5.41, 5.74) is 3.60. The molecule has 0 aliphatic rings. The quantitative estimate of drug-likeness (QED) is 0.268. The van der Waals surface area contributed by atoms with E-state index in [2.05, 4.69) is 15.4 Å². The molecule has 0 aliphatic carbocycles. The Hall–Kier alpha value is -4.10. The van der Waals surface area contributed by atoms with Crippen LogP contribution in [-0.4, -0.2) is 81.9 Å². The summed E-state index contributed by atoms with van der Waals surface area (Å²) in [4.78, 5) is 45.3. The van der Waals surface area contributed by atoms with Gasteiger partial charge in [-0.1, -0.05) is 42.7 Å². The third kappa shape index (κ3) is 8.70. The number of benzene rings is 2. The summed E-state index contributed by atoms with van der Waals surface area (Å²) in [5.74, 6) is -2.48. The van der Waals surface area contributed by atoms with E-state index in [1.54, 1.807) is 47.4 Å². The molecule has 1 heterocycles. The van der Waals surface area contributed by atoms with E-state index in [9.17, 15) is 27.9 Å². The number of aliphatic hydroxyl groups is 1. The molecule has 0 spiro atoms. The molecule has 226 valence electrons. The van der Waals surface area contributed by atoms with Crippen molar-refractivity contribution in [1.82, 2.24) is 29.7 Å². The van der Waals surface area contributed by atoms with Gasteiger partial charge in [-0.2, -0.15) is 5.10 Å². The topological polar surface area (TPSA) is 164 Å². The van der Waals surface area contributed by atoms with Crippen molar-refractivity contribution < 1.29 is 27.9 Å². The molecule has 12 nitrogen and oxygen atoms in total. The molecule has 0 radical (unpaired) electrons. The summed E-state index contributed by atoms with van der Waals surface area (Å²) in [6.07, 6.45) is 2.56. The van der Waals surface area contributed by atoms with Gasteiger partial charge in [0.25, 0.3) is 11.8 Å². The Bertz CT molecular complexity index is 1470. The molecule has 0 saturated carbocycles. The van der Waals surface area contributed by atoms with Crippen LogP contribution < -0.4 is 10.0 Å². The molecular formula is C29H38N6O6S. The SMILES string of the molecule is CCCCS(=O)(=O)NC(=O)[C@@H](NC(=O)[C@@H](Cc1ccc(-n2cncn2)cc1)N(C)C(=O)c1cc(C)cc(C)c1)[C@@H](C)O. The predicted octanol–water partition coefficient (Wildman–Crippen LogP) is 1.68. The van der Waals surface area contributed by atoms with Crippen LogP contribution in [0, 0.1) is 13.8 Å². The lowest BCUT2D eigenvalue weighted by Crippen LogP contribution is -2.58. The molecule has 1 aromatic heterocycles. The van der Waals surface area contributed by atoms with Gasteiger partial charge in [0.1, 0.15) is 24.7 Å². The molecular weight excluding hydrogens is 560 g/mol. The lowest BCUT2D eigenvalue weighted by molar-refractivity contribution is -0.132. The van der Waals surface area contributed by atoms with E-state index in [4.69, 9.17) is 0 Å². The Morgan fingerprint density at radius 3 is 2.24 bits per heavy atom.